The first kappa shape index (κ1) is 11.5. The highest BCUT2D eigenvalue weighted by Gasteiger charge is 2.25. The van der Waals surface area contributed by atoms with Gasteiger partial charge >= 0.3 is 0 Å². The predicted molar refractivity (Wildman–Crippen MR) is 56.0 cm³/mol. The van der Waals surface area contributed by atoms with Crippen LogP contribution in [0.15, 0.2) is 0 Å². The number of ether oxygens (including phenoxy) is 1. The van der Waals surface area contributed by atoms with Gasteiger partial charge in [0.15, 0.2) is 0 Å². The molecule has 1 fully saturated rings. The Morgan fingerprint density at radius 2 is 2.14 bits per heavy atom. The van der Waals surface area contributed by atoms with E-state index in [0.29, 0.717) is 12.5 Å². The molecule has 1 amide bonds. The summed E-state index contributed by atoms with van der Waals surface area (Å²) in [4.78, 5) is 13.5. The van der Waals surface area contributed by atoms with Crippen molar-refractivity contribution in [1.82, 2.24) is 4.90 Å². The zero-order chi connectivity index (χ0) is 10.6. The van der Waals surface area contributed by atoms with Crippen molar-refractivity contribution in [3.05, 3.63) is 0 Å². The lowest BCUT2D eigenvalue weighted by molar-refractivity contribution is -0.138. The molecule has 1 aliphatic rings. The van der Waals surface area contributed by atoms with Crippen LogP contribution in [0.25, 0.3) is 0 Å². The van der Waals surface area contributed by atoms with Gasteiger partial charge in [-0.05, 0) is 25.2 Å². The van der Waals surface area contributed by atoms with Crippen molar-refractivity contribution in [2.45, 2.75) is 27.2 Å². The molecular weight excluding hydrogens is 178 g/mol. The molecule has 0 saturated carbocycles. The number of amides is 1. The summed E-state index contributed by atoms with van der Waals surface area (Å²) in [6.07, 6.45) is 1.12. The molecule has 2 atom stereocenters. The van der Waals surface area contributed by atoms with Crippen molar-refractivity contribution in [3.63, 3.8) is 0 Å². The molecule has 0 bridgehead atoms. The van der Waals surface area contributed by atoms with Gasteiger partial charge in [-0.2, -0.15) is 0 Å². The van der Waals surface area contributed by atoms with Crippen LogP contribution in [0.2, 0.25) is 0 Å². The van der Waals surface area contributed by atoms with Gasteiger partial charge in [0, 0.05) is 19.7 Å². The summed E-state index contributed by atoms with van der Waals surface area (Å²) >= 11 is 0. The first-order valence-corrected chi connectivity index (χ1v) is 5.50. The maximum atomic E-state index is 11.6. The monoisotopic (exact) mass is 199 g/mol. The Labute approximate surface area is 86.4 Å². The summed E-state index contributed by atoms with van der Waals surface area (Å²) in [7, 11) is 0. The van der Waals surface area contributed by atoms with Gasteiger partial charge in [-0.15, -0.1) is 0 Å². The summed E-state index contributed by atoms with van der Waals surface area (Å²) in [6.45, 7) is 9.04. The molecule has 0 aromatic heterocycles. The molecule has 1 heterocycles. The molecule has 1 rings (SSSR count). The Morgan fingerprint density at radius 1 is 1.43 bits per heavy atom. The van der Waals surface area contributed by atoms with Gasteiger partial charge in [0.05, 0.1) is 0 Å². The average molecular weight is 199 g/mol. The highest BCUT2D eigenvalue weighted by Crippen LogP contribution is 2.22. The smallest absolute Gasteiger partial charge is 0.248 e. The van der Waals surface area contributed by atoms with E-state index in [9.17, 15) is 4.79 Å². The highest BCUT2D eigenvalue weighted by atomic mass is 16.5. The summed E-state index contributed by atoms with van der Waals surface area (Å²) < 4.78 is 5.12. The minimum Gasteiger partial charge on any atom is -0.372 e. The molecule has 0 radical (unpaired) electrons. The Balaban J connectivity index is 2.34. The third-order valence-electron chi connectivity index (χ3n) is 3.12. The van der Waals surface area contributed by atoms with Crippen LogP contribution in [0.1, 0.15) is 27.2 Å². The van der Waals surface area contributed by atoms with E-state index >= 15 is 0 Å². The molecule has 0 aromatic rings. The lowest BCUT2D eigenvalue weighted by Crippen LogP contribution is -2.43. The van der Waals surface area contributed by atoms with E-state index < -0.39 is 0 Å². The van der Waals surface area contributed by atoms with Crippen LogP contribution < -0.4 is 0 Å². The zero-order valence-corrected chi connectivity index (χ0v) is 9.45. The van der Waals surface area contributed by atoms with E-state index in [1.54, 1.807) is 0 Å². The van der Waals surface area contributed by atoms with Crippen molar-refractivity contribution in [1.29, 1.82) is 0 Å². The van der Waals surface area contributed by atoms with E-state index in [1.807, 2.05) is 11.8 Å². The largest absolute Gasteiger partial charge is 0.372 e. The number of piperidine rings is 1. The van der Waals surface area contributed by atoms with Gasteiger partial charge in [0.25, 0.3) is 0 Å². The summed E-state index contributed by atoms with van der Waals surface area (Å²) in [5, 5.41) is 0. The first-order valence-electron chi connectivity index (χ1n) is 5.50. The van der Waals surface area contributed by atoms with E-state index in [1.165, 1.54) is 0 Å². The van der Waals surface area contributed by atoms with Gasteiger partial charge in [-0.1, -0.05) is 13.8 Å². The Hall–Kier alpha value is -0.570. The summed E-state index contributed by atoms with van der Waals surface area (Å²) in [5.41, 5.74) is 0. The molecule has 0 aliphatic carbocycles. The Bertz CT molecular complexity index is 194. The van der Waals surface area contributed by atoms with E-state index in [4.69, 9.17) is 4.74 Å². The fourth-order valence-electron chi connectivity index (χ4n) is 1.77. The second-order valence-corrected chi connectivity index (χ2v) is 4.22. The van der Waals surface area contributed by atoms with Crippen LogP contribution in [0.3, 0.4) is 0 Å². The number of carbonyl (C=O) groups is 1. The van der Waals surface area contributed by atoms with Crippen molar-refractivity contribution in [2.75, 3.05) is 26.3 Å². The summed E-state index contributed by atoms with van der Waals surface area (Å²) in [5.74, 6) is 1.51. The predicted octanol–water partition coefficient (Wildman–Crippen LogP) is 1.53. The van der Waals surface area contributed by atoms with Crippen molar-refractivity contribution in [2.24, 2.45) is 11.8 Å². The molecule has 82 valence electrons. The van der Waals surface area contributed by atoms with Crippen molar-refractivity contribution in [3.8, 4) is 0 Å². The molecule has 0 aromatic carbocycles. The third kappa shape index (κ3) is 2.98. The summed E-state index contributed by atoms with van der Waals surface area (Å²) in [6, 6.07) is 0. The number of hydrogen-bond donors (Lipinski definition) is 0. The Morgan fingerprint density at radius 3 is 2.71 bits per heavy atom. The van der Waals surface area contributed by atoms with E-state index in [0.717, 1.165) is 25.4 Å². The van der Waals surface area contributed by atoms with Crippen LogP contribution in [0.5, 0.6) is 0 Å². The standard InChI is InChI=1S/C11H21NO2/c1-4-14-8-11(13)12-6-5-9(2)10(3)7-12/h9-10H,4-8H2,1-3H3. The molecule has 3 heteroatoms. The van der Waals surface area contributed by atoms with Gasteiger partial charge in [-0.3, -0.25) is 4.79 Å². The van der Waals surface area contributed by atoms with Crippen LogP contribution >= 0.6 is 0 Å². The lowest BCUT2D eigenvalue weighted by atomic mass is 9.89. The number of nitrogens with zero attached hydrogens (tertiary/aromatic N) is 1. The molecule has 14 heavy (non-hydrogen) atoms. The zero-order valence-electron chi connectivity index (χ0n) is 9.45. The second-order valence-electron chi connectivity index (χ2n) is 4.22. The average Bonchev–Trinajstić information content (AvgIpc) is 2.18. The molecular formula is C11H21NO2. The molecule has 1 aliphatic heterocycles. The maximum Gasteiger partial charge on any atom is 0.248 e. The molecule has 2 unspecified atom stereocenters. The Kier molecular flexibility index (Phi) is 4.39. The number of carbonyl (C=O) groups excluding carboxylic acids is 1. The fourth-order valence-corrected chi connectivity index (χ4v) is 1.77. The lowest BCUT2D eigenvalue weighted by Gasteiger charge is -2.35. The van der Waals surface area contributed by atoms with Crippen LogP contribution in [-0.2, 0) is 9.53 Å². The van der Waals surface area contributed by atoms with Crippen LogP contribution in [-0.4, -0.2) is 37.1 Å². The third-order valence-corrected chi connectivity index (χ3v) is 3.12. The van der Waals surface area contributed by atoms with Gasteiger partial charge in [0.2, 0.25) is 5.91 Å². The maximum absolute atomic E-state index is 11.6. The molecule has 0 spiro atoms. The number of hydrogen-bond acceptors (Lipinski definition) is 2. The number of rotatable bonds is 3. The van der Waals surface area contributed by atoms with E-state index in [-0.39, 0.29) is 12.5 Å². The minimum atomic E-state index is 0.144. The van der Waals surface area contributed by atoms with Gasteiger partial charge < -0.3 is 9.64 Å². The van der Waals surface area contributed by atoms with Gasteiger partial charge in [0.1, 0.15) is 6.61 Å². The first-order chi connectivity index (χ1) is 6.65. The molecule has 1 saturated heterocycles. The van der Waals surface area contributed by atoms with Crippen LogP contribution in [0, 0.1) is 11.8 Å². The fraction of sp³-hybridized carbons (Fsp3) is 0.909. The molecule has 3 nitrogen and oxygen atoms in total. The second kappa shape index (κ2) is 5.35. The minimum absolute atomic E-state index is 0.144. The normalized spacial score (nSPS) is 27.8. The quantitative estimate of drug-likeness (QED) is 0.690. The van der Waals surface area contributed by atoms with Crippen molar-refractivity contribution < 1.29 is 9.53 Å². The number of likely N-dealkylation sites (tertiary alicyclic amines) is 1. The van der Waals surface area contributed by atoms with Gasteiger partial charge in [-0.25, -0.2) is 0 Å². The SMILES string of the molecule is CCOCC(=O)N1CCC(C)C(C)C1. The van der Waals surface area contributed by atoms with E-state index in [2.05, 4.69) is 13.8 Å². The van der Waals surface area contributed by atoms with Crippen molar-refractivity contribution >= 4 is 5.91 Å². The highest BCUT2D eigenvalue weighted by molar-refractivity contribution is 5.77. The molecule has 0 N–H and O–H groups in total. The topological polar surface area (TPSA) is 29.5 Å². The van der Waals surface area contributed by atoms with Crippen LogP contribution in [0.4, 0.5) is 0 Å².